The van der Waals surface area contributed by atoms with Crippen molar-refractivity contribution in [3.8, 4) is 5.75 Å². The van der Waals surface area contributed by atoms with Gasteiger partial charge in [0.1, 0.15) is 11.1 Å². The van der Waals surface area contributed by atoms with Gasteiger partial charge in [0.05, 0.1) is 7.11 Å². The van der Waals surface area contributed by atoms with E-state index in [-0.39, 0.29) is 0 Å². The first kappa shape index (κ1) is 14.9. The minimum atomic E-state index is -5.22. The van der Waals surface area contributed by atoms with E-state index < -0.39 is 41.2 Å². The predicted molar refractivity (Wildman–Crippen MR) is 50.0 cm³/mol. The van der Waals surface area contributed by atoms with Crippen LogP contribution in [-0.2, 0) is 4.74 Å². The van der Waals surface area contributed by atoms with E-state index in [0.29, 0.717) is 6.20 Å². The molecular weight excluding hydrogens is 281 g/mol. The normalized spacial score (nSPS) is 11.5. The zero-order valence-electron chi connectivity index (χ0n) is 9.18. The number of hydrogen-bond acceptors (Lipinski definition) is 4. The monoisotopic (exact) mass is 287 g/mol. The summed E-state index contributed by atoms with van der Waals surface area (Å²) in [5.74, 6) is -2.81. The fraction of sp³-hybridized carbons (Fsp3) is 0.333. The van der Waals surface area contributed by atoms with Crippen molar-refractivity contribution in [1.29, 1.82) is 0 Å². The highest BCUT2D eigenvalue weighted by Gasteiger charge is 2.36. The van der Waals surface area contributed by atoms with Gasteiger partial charge in [0.2, 0.25) is 0 Å². The lowest BCUT2D eigenvalue weighted by Crippen LogP contribution is -2.25. The highest BCUT2D eigenvalue weighted by atomic mass is 19.4. The summed E-state index contributed by atoms with van der Waals surface area (Å²) in [4.78, 5) is 24.0. The lowest BCUT2D eigenvalue weighted by Gasteiger charge is -2.14. The second kappa shape index (κ2) is 5.24. The van der Waals surface area contributed by atoms with Crippen molar-refractivity contribution in [2.75, 3.05) is 7.11 Å². The van der Waals surface area contributed by atoms with Crippen LogP contribution >= 0.6 is 0 Å². The van der Waals surface area contributed by atoms with Crippen molar-refractivity contribution in [1.82, 2.24) is 4.98 Å². The third-order valence-electron chi connectivity index (χ3n) is 1.93. The number of nitrogens with one attached hydrogen (secondary N) is 1. The molecule has 1 aromatic heterocycles. The van der Waals surface area contributed by atoms with E-state index >= 15 is 0 Å². The molecule has 1 rings (SSSR count). The SMILES string of the molecule is COC(=O)c1c(OC(F)(F)F)c[nH]c(=O)c1C(F)F. The van der Waals surface area contributed by atoms with Gasteiger partial charge in [-0.15, -0.1) is 13.2 Å². The van der Waals surface area contributed by atoms with E-state index in [9.17, 15) is 31.5 Å². The molecule has 106 valence electrons. The van der Waals surface area contributed by atoms with E-state index in [1.165, 1.54) is 0 Å². The summed E-state index contributed by atoms with van der Waals surface area (Å²) in [6.45, 7) is 0. The van der Waals surface area contributed by atoms with Crippen LogP contribution in [0.3, 0.4) is 0 Å². The van der Waals surface area contributed by atoms with Crippen LogP contribution in [0.1, 0.15) is 22.3 Å². The molecule has 0 fully saturated rings. The highest BCUT2D eigenvalue weighted by Crippen LogP contribution is 2.30. The average molecular weight is 287 g/mol. The van der Waals surface area contributed by atoms with E-state index in [2.05, 4.69) is 9.47 Å². The maximum Gasteiger partial charge on any atom is 0.573 e. The van der Waals surface area contributed by atoms with Gasteiger partial charge in [-0.1, -0.05) is 0 Å². The van der Waals surface area contributed by atoms with Crippen molar-refractivity contribution in [3.05, 3.63) is 27.7 Å². The summed E-state index contributed by atoms with van der Waals surface area (Å²) in [5, 5.41) is 0. The first-order valence-electron chi connectivity index (χ1n) is 4.55. The summed E-state index contributed by atoms with van der Waals surface area (Å²) in [5.41, 5.74) is -4.13. The number of carbonyl (C=O) groups is 1. The van der Waals surface area contributed by atoms with Gasteiger partial charge in [0.15, 0.2) is 5.75 Å². The lowest BCUT2D eigenvalue weighted by atomic mass is 10.1. The third kappa shape index (κ3) is 3.42. The standard InChI is InChI=1S/C9H6F5NO4/c1-18-8(17)4-3(19-9(12,13)14)2-15-7(16)5(4)6(10)11/h2,6H,1H3,(H,15,16). The van der Waals surface area contributed by atoms with Crippen molar-refractivity contribution >= 4 is 5.97 Å². The van der Waals surface area contributed by atoms with Crippen LogP contribution in [0.4, 0.5) is 22.0 Å². The molecule has 0 aromatic carbocycles. The topological polar surface area (TPSA) is 68.4 Å². The summed E-state index contributed by atoms with van der Waals surface area (Å²) in [6.07, 6.45) is -8.34. The van der Waals surface area contributed by atoms with Crippen molar-refractivity contribution in [3.63, 3.8) is 0 Å². The molecule has 1 aromatic rings. The van der Waals surface area contributed by atoms with E-state index in [1.807, 2.05) is 0 Å². The van der Waals surface area contributed by atoms with Gasteiger partial charge in [-0.05, 0) is 0 Å². The number of aromatic nitrogens is 1. The Balaban J connectivity index is 3.52. The molecule has 5 nitrogen and oxygen atoms in total. The van der Waals surface area contributed by atoms with Crippen molar-refractivity contribution < 1.29 is 36.2 Å². The van der Waals surface area contributed by atoms with Crippen LogP contribution in [-0.4, -0.2) is 24.4 Å². The molecule has 1 N–H and O–H groups in total. The summed E-state index contributed by atoms with van der Waals surface area (Å²) >= 11 is 0. The molecule has 0 aliphatic heterocycles. The number of alkyl halides is 5. The maximum atomic E-state index is 12.6. The van der Waals surface area contributed by atoms with Gasteiger partial charge in [0.25, 0.3) is 12.0 Å². The number of ether oxygens (including phenoxy) is 2. The zero-order valence-corrected chi connectivity index (χ0v) is 9.18. The molecule has 0 unspecified atom stereocenters. The Morgan fingerprint density at radius 2 is 1.95 bits per heavy atom. The maximum absolute atomic E-state index is 12.6. The predicted octanol–water partition coefficient (Wildman–Crippen LogP) is 2.00. The average Bonchev–Trinajstić information content (AvgIpc) is 2.27. The minimum absolute atomic E-state index is 0.355. The first-order valence-corrected chi connectivity index (χ1v) is 4.55. The molecule has 0 saturated heterocycles. The number of rotatable bonds is 3. The molecule has 0 aliphatic rings. The second-order valence-corrected chi connectivity index (χ2v) is 3.11. The molecule has 0 atom stereocenters. The molecule has 10 heteroatoms. The van der Waals surface area contributed by atoms with Gasteiger partial charge in [-0.25, -0.2) is 13.6 Å². The molecular formula is C9H6F5NO4. The third-order valence-corrected chi connectivity index (χ3v) is 1.93. The zero-order chi connectivity index (χ0) is 14.8. The number of methoxy groups -OCH3 is 1. The lowest BCUT2D eigenvalue weighted by molar-refractivity contribution is -0.274. The van der Waals surface area contributed by atoms with Gasteiger partial charge in [0, 0.05) is 6.20 Å². The number of hydrogen-bond donors (Lipinski definition) is 1. The Kier molecular flexibility index (Phi) is 4.12. The van der Waals surface area contributed by atoms with E-state index in [0.717, 1.165) is 7.11 Å². The van der Waals surface area contributed by atoms with Crippen LogP contribution in [0.5, 0.6) is 5.75 Å². The summed E-state index contributed by atoms with van der Waals surface area (Å²) < 4.78 is 68.9. The van der Waals surface area contributed by atoms with Crippen LogP contribution in [0.25, 0.3) is 0 Å². The Morgan fingerprint density at radius 1 is 1.37 bits per heavy atom. The van der Waals surface area contributed by atoms with Crippen molar-refractivity contribution in [2.24, 2.45) is 0 Å². The number of carbonyl (C=O) groups excluding carboxylic acids is 1. The molecule has 0 aliphatic carbocycles. The fourth-order valence-corrected chi connectivity index (χ4v) is 1.25. The second-order valence-electron chi connectivity index (χ2n) is 3.11. The molecule has 0 bridgehead atoms. The number of H-pyrrole nitrogens is 1. The Labute approximate surface area is 101 Å². The minimum Gasteiger partial charge on any atom is -0.465 e. The van der Waals surface area contributed by atoms with Crippen LogP contribution in [0, 0.1) is 0 Å². The Bertz CT molecular complexity index is 536. The van der Waals surface area contributed by atoms with Crippen LogP contribution in [0.15, 0.2) is 11.0 Å². The van der Waals surface area contributed by atoms with Gasteiger partial charge in [-0.3, -0.25) is 4.79 Å². The van der Waals surface area contributed by atoms with E-state index in [4.69, 9.17) is 0 Å². The first-order chi connectivity index (χ1) is 8.67. The number of halogens is 5. The molecule has 0 spiro atoms. The fourth-order valence-electron chi connectivity index (χ4n) is 1.25. The summed E-state index contributed by atoms with van der Waals surface area (Å²) in [6, 6.07) is 0. The van der Waals surface area contributed by atoms with E-state index in [1.54, 1.807) is 4.98 Å². The number of pyridine rings is 1. The number of esters is 1. The largest absolute Gasteiger partial charge is 0.573 e. The van der Waals surface area contributed by atoms with Gasteiger partial charge in [-0.2, -0.15) is 0 Å². The molecule has 0 radical (unpaired) electrons. The molecule has 1 heterocycles. The molecule has 0 amide bonds. The molecule has 0 saturated carbocycles. The number of aromatic amines is 1. The van der Waals surface area contributed by atoms with Crippen LogP contribution in [0.2, 0.25) is 0 Å². The summed E-state index contributed by atoms with van der Waals surface area (Å²) in [7, 11) is 0.760. The highest BCUT2D eigenvalue weighted by molar-refractivity contribution is 5.94. The molecule has 19 heavy (non-hydrogen) atoms. The van der Waals surface area contributed by atoms with Crippen molar-refractivity contribution in [2.45, 2.75) is 12.8 Å². The van der Waals surface area contributed by atoms with Gasteiger partial charge >= 0.3 is 12.3 Å². The van der Waals surface area contributed by atoms with Gasteiger partial charge < -0.3 is 14.5 Å². The van der Waals surface area contributed by atoms with Crippen LogP contribution < -0.4 is 10.3 Å². The Hall–Kier alpha value is -2.13. The Morgan fingerprint density at radius 3 is 2.37 bits per heavy atom. The smallest absolute Gasteiger partial charge is 0.465 e. The quantitative estimate of drug-likeness (QED) is 0.682.